The molecule has 44 heavy (non-hydrogen) atoms. The van der Waals surface area contributed by atoms with Crippen molar-refractivity contribution in [1.29, 1.82) is 0 Å². The van der Waals surface area contributed by atoms with Gasteiger partial charge in [0.25, 0.3) is 11.8 Å². The normalized spacial score (nSPS) is 21.5. The predicted octanol–water partition coefficient (Wildman–Crippen LogP) is 4.12. The fourth-order valence-corrected chi connectivity index (χ4v) is 7.77. The number of likely N-dealkylation sites (N-methyl/N-ethyl adjacent to an activating group) is 1. The Hall–Kier alpha value is -3.41. The molecule has 3 heterocycles. The maximum Gasteiger partial charge on any atom is 0.268 e. The number of allylic oxidation sites excluding steroid dienone is 1. The van der Waals surface area contributed by atoms with Crippen molar-refractivity contribution >= 4 is 57.3 Å². The molecule has 3 atom stereocenters. The fourth-order valence-electron chi connectivity index (χ4n) is 6.36. The van der Waals surface area contributed by atoms with Gasteiger partial charge < -0.3 is 30.3 Å². The second-order valence-electron chi connectivity index (χ2n) is 12.7. The first-order valence-corrected chi connectivity index (χ1v) is 16.4. The summed E-state index contributed by atoms with van der Waals surface area (Å²) in [6, 6.07) is 4.77. The summed E-state index contributed by atoms with van der Waals surface area (Å²) in [6.45, 7) is 1.90. The third-order valence-corrected chi connectivity index (χ3v) is 10.2. The number of halogens is 1. The maximum atomic E-state index is 14.0. The summed E-state index contributed by atoms with van der Waals surface area (Å²) in [5.74, 6) is -0.690. The SMILES string of the molecule is CN1CCc2nc(C(N[C@@H]3C[C@@H](C(=O)N(C)C)CC[C@@H]3NC(=O)c3[nH]c4ccc(Cl)cc4c3C(=O)N(C)C)=C3CC3)sc2C1. The predicted molar refractivity (Wildman–Crippen MR) is 174 cm³/mol. The first-order valence-electron chi connectivity index (χ1n) is 15.2. The van der Waals surface area contributed by atoms with E-state index in [0.717, 1.165) is 43.1 Å². The number of aromatic amines is 1. The lowest BCUT2D eigenvalue weighted by Crippen LogP contribution is -2.54. The summed E-state index contributed by atoms with van der Waals surface area (Å²) in [5.41, 5.74) is 4.74. The number of nitrogens with one attached hydrogen (secondary N) is 3. The van der Waals surface area contributed by atoms with Gasteiger partial charge in [-0.05, 0) is 62.9 Å². The number of carbonyl (C=O) groups is 3. The van der Waals surface area contributed by atoms with Crippen molar-refractivity contribution in [3.05, 3.63) is 55.6 Å². The van der Waals surface area contributed by atoms with Crippen LogP contribution in [0.5, 0.6) is 0 Å². The average Bonchev–Trinajstić information content (AvgIpc) is 3.63. The molecule has 3 aromatic rings. The Balaban J connectivity index is 1.31. The molecule has 0 saturated heterocycles. The molecule has 1 aliphatic heterocycles. The van der Waals surface area contributed by atoms with E-state index in [1.165, 1.54) is 21.0 Å². The molecule has 0 bridgehead atoms. The number of thiazole rings is 1. The van der Waals surface area contributed by atoms with E-state index in [2.05, 4.69) is 27.6 Å². The van der Waals surface area contributed by atoms with Gasteiger partial charge >= 0.3 is 0 Å². The van der Waals surface area contributed by atoms with E-state index < -0.39 is 0 Å². The lowest BCUT2D eigenvalue weighted by atomic mass is 9.81. The van der Waals surface area contributed by atoms with Gasteiger partial charge in [0.1, 0.15) is 10.7 Å². The molecule has 6 rings (SSSR count). The van der Waals surface area contributed by atoms with Crippen molar-refractivity contribution in [2.24, 2.45) is 5.92 Å². The second kappa shape index (κ2) is 12.2. The van der Waals surface area contributed by atoms with Crippen LogP contribution in [0.15, 0.2) is 23.8 Å². The number of aromatic nitrogens is 2. The van der Waals surface area contributed by atoms with Gasteiger partial charge in [-0.3, -0.25) is 14.4 Å². The minimum Gasteiger partial charge on any atom is -0.378 e. The number of nitrogens with zero attached hydrogens (tertiary/aromatic N) is 4. The van der Waals surface area contributed by atoms with Crippen molar-refractivity contribution in [1.82, 2.24) is 35.3 Å². The Bertz CT molecular complexity index is 1650. The summed E-state index contributed by atoms with van der Waals surface area (Å²) in [6.07, 6.45) is 4.84. The Labute approximate surface area is 266 Å². The van der Waals surface area contributed by atoms with E-state index in [4.69, 9.17) is 16.6 Å². The molecule has 2 aliphatic carbocycles. The van der Waals surface area contributed by atoms with Crippen molar-refractivity contribution < 1.29 is 14.4 Å². The molecule has 1 aromatic carbocycles. The third-order valence-electron chi connectivity index (χ3n) is 8.88. The summed E-state index contributed by atoms with van der Waals surface area (Å²) in [4.78, 5) is 55.3. The van der Waals surface area contributed by atoms with E-state index in [1.807, 2.05) is 0 Å². The lowest BCUT2D eigenvalue weighted by Gasteiger charge is -2.38. The average molecular weight is 638 g/mol. The van der Waals surface area contributed by atoms with Crippen LogP contribution in [0.2, 0.25) is 5.02 Å². The number of hydrogen-bond donors (Lipinski definition) is 3. The molecule has 12 heteroatoms. The van der Waals surface area contributed by atoms with Gasteiger partial charge in [0, 0.05) is 86.5 Å². The van der Waals surface area contributed by atoms with E-state index in [0.29, 0.717) is 40.8 Å². The van der Waals surface area contributed by atoms with E-state index >= 15 is 0 Å². The maximum absolute atomic E-state index is 14.0. The van der Waals surface area contributed by atoms with Gasteiger partial charge in [0.15, 0.2) is 0 Å². The lowest BCUT2D eigenvalue weighted by molar-refractivity contribution is -0.134. The van der Waals surface area contributed by atoms with Gasteiger partial charge in [-0.1, -0.05) is 11.6 Å². The number of benzene rings is 1. The molecule has 0 radical (unpaired) electrons. The van der Waals surface area contributed by atoms with Crippen LogP contribution in [-0.4, -0.2) is 96.3 Å². The number of amides is 3. The highest BCUT2D eigenvalue weighted by molar-refractivity contribution is 7.12. The molecule has 10 nitrogen and oxygen atoms in total. The highest BCUT2D eigenvalue weighted by Crippen LogP contribution is 2.39. The largest absolute Gasteiger partial charge is 0.378 e. The summed E-state index contributed by atoms with van der Waals surface area (Å²) in [5, 5.41) is 9.14. The van der Waals surface area contributed by atoms with Gasteiger partial charge in [-0.15, -0.1) is 11.3 Å². The number of fused-ring (bicyclic) bond motifs is 2. The molecule has 3 N–H and O–H groups in total. The number of H-pyrrole nitrogens is 1. The molecule has 0 unspecified atom stereocenters. The minimum atomic E-state index is -0.356. The van der Waals surface area contributed by atoms with Gasteiger partial charge in [-0.25, -0.2) is 4.98 Å². The molecular weight excluding hydrogens is 598 g/mol. The smallest absolute Gasteiger partial charge is 0.268 e. The zero-order valence-electron chi connectivity index (χ0n) is 25.9. The number of hydrogen-bond acceptors (Lipinski definition) is 7. The van der Waals surface area contributed by atoms with Crippen LogP contribution in [0, 0.1) is 5.92 Å². The van der Waals surface area contributed by atoms with Gasteiger partial charge in [0.05, 0.1) is 17.0 Å². The zero-order chi connectivity index (χ0) is 31.3. The minimum absolute atomic E-state index is 0.0984. The third kappa shape index (κ3) is 6.09. The van der Waals surface area contributed by atoms with Gasteiger partial charge in [0.2, 0.25) is 5.91 Å². The highest BCUT2D eigenvalue weighted by Gasteiger charge is 2.38. The first kappa shape index (κ1) is 30.6. The van der Waals surface area contributed by atoms with Crippen LogP contribution in [0.1, 0.15) is 68.5 Å². The number of rotatable bonds is 7. The Morgan fingerprint density at radius 2 is 1.82 bits per heavy atom. The van der Waals surface area contributed by atoms with E-state index in [1.54, 1.807) is 62.6 Å². The van der Waals surface area contributed by atoms with Crippen molar-refractivity contribution in [3.8, 4) is 0 Å². The summed E-state index contributed by atoms with van der Waals surface area (Å²) < 4.78 is 0. The zero-order valence-corrected chi connectivity index (χ0v) is 27.5. The molecule has 234 valence electrons. The molecule has 2 saturated carbocycles. The van der Waals surface area contributed by atoms with E-state index in [-0.39, 0.29) is 41.4 Å². The summed E-state index contributed by atoms with van der Waals surface area (Å²) in [7, 11) is 9.05. The fraction of sp³-hybridized carbons (Fsp3) is 0.500. The Kier molecular flexibility index (Phi) is 8.47. The molecular formula is C32H40ClN7O3S. The van der Waals surface area contributed by atoms with Crippen molar-refractivity contribution in [2.45, 2.75) is 57.2 Å². The quantitative estimate of drug-likeness (QED) is 0.359. The number of carbonyl (C=O) groups excluding carboxylic acids is 3. The molecule has 3 amide bonds. The van der Waals surface area contributed by atoms with Crippen LogP contribution in [0.4, 0.5) is 0 Å². The van der Waals surface area contributed by atoms with E-state index in [9.17, 15) is 14.4 Å². The molecule has 2 fully saturated rings. The van der Waals surface area contributed by atoms with Crippen LogP contribution < -0.4 is 10.6 Å². The van der Waals surface area contributed by atoms with Crippen LogP contribution in [0.3, 0.4) is 0 Å². The van der Waals surface area contributed by atoms with Crippen molar-refractivity contribution in [2.75, 3.05) is 41.8 Å². The highest BCUT2D eigenvalue weighted by atomic mass is 35.5. The Morgan fingerprint density at radius 1 is 1.05 bits per heavy atom. The first-order chi connectivity index (χ1) is 21.0. The van der Waals surface area contributed by atoms with Crippen LogP contribution >= 0.6 is 22.9 Å². The Morgan fingerprint density at radius 3 is 2.52 bits per heavy atom. The van der Waals surface area contributed by atoms with Crippen LogP contribution in [0.25, 0.3) is 16.6 Å². The molecule has 0 spiro atoms. The monoisotopic (exact) mass is 637 g/mol. The molecule has 3 aliphatic rings. The topological polar surface area (TPSA) is 114 Å². The second-order valence-corrected chi connectivity index (χ2v) is 14.2. The van der Waals surface area contributed by atoms with Gasteiger partial charge in [-0.2, -0.15) is 0 Å². The van der Waals surface area contributed by atoms with Crippen LogP contribution in [-0.2, 0) is 17.8 Å². The van der Waals surface area contributed by atoms with Crippen molar-refractivity contribution in [3.63, 3.8) is 0 Å². The standard InChI is InChI=1S/C32H40ClN7O3S/c1-38(2)31(42)18-8-10-22(36-29(41)28-26(32(43)39(3)4)20-15-19(33)9-11-21(20)34-28)24(14-18)35-27(17-6-7-17)30-37-23-12-13-40(5)16-25(23)44-30/h9,11,15,18,22,24,34-35H,6-8,10,12-14,16H2,1-5H3,(H,36,41)/t18-,22-,24+/m0/s1. The summed E-state index contributed by atoms with van der Waals surface area (Å²) >= 11 is 8.03. The molecule has 2 aromatic heterocycles.